The molecule has 0 atom stereocenters. The smallest absolute Gasteiger partial charge is 0.255 e. The summed E-state index contributed by atoms with van der Waals surface area (Å²) in [6.45, 7) is 3.92. The summed E-state index contributed by atoms with van der Waals surface area (Å²) in [5.41, 5.74) is 10.6. The van der Waals surface area contributed by atoms with Crippen LogP contribution in [-0.2, 0) is 6.54 Å². The topological polar surface area (TPSA) is 103 Å². The van der Waals surface area contributed by atoms with Crippen LogP contribution >= 0.6 is 0 Å². The SMILES string of the molecule is Cc1c(C(=O)N2CC(C=N)C2)c[nH]c1C(/C=C\N)=Nc1ccc(Cn2cccc2)cc1. The predicted octanol–water partition coefficient (Wildman–Crippen LogP) is 3.49. The van der Waals surface area contributed by atoms with Gasteiger partial charge < -0.3 is 25.6 Å². The zero-order chi connectivity index (χ0) is 21.8. The lowest BCUT2D eigenvalue weighted by molar-refractivity contribution is 0.0594. The maximum Gasteiger partial charge on any atom is 0.255 e. The molecule has 1 aliphatic heterocycles. The molecule has 0 saturated carbocycles. The molecule has 0 radical (unpaired) electrons. The number of hydrogen-bond acceptors (Lipinski definition) is 4. The van der Waals surface area contributed by atoms with Crippen molar-refractivity contribution in [2.24, 2.45) is 16.6 Å². The number of rotatable bonds is 7. The van der Waals surface area contributed by atoms with E-state index < -0.39 is 0 Å². The van der Waals surface area contributed by atoms with Gasteiger partial charge in [-0.25, -0.2) is 4.99 Å². The van der Waals surface area contributed by atoms with Gasteiger partial charge in [-0.3, -0.25) is 4.79 Å². The number of likely N-dealkylation sites (tertiary alicyclic amines) is 1. The van der Waals surface area contributed by atoms with Crippen LogP contribution in [0.15, 0.2) is 72.3 Å². The van der Waals surface area contributed by atoms with E-state index in [9.17, 15) is 4.79 Å². The summed E-state index contributed by atoms with van der Waals surface area (Å²) in [6, 6.07) is 12.1. The number of hydrogen-bond donors (Lipinski definition) is 3. The second-order valence-electron chi connectivity index (χ2n) is 7.72. The summed E-state index contributed by atoms with van der Waals surface area (Å²) in [7, 11) is 0. The Morgan fingerprint density at radius 1 is 1.26 bits per heavy atom. The van der Waals surface area contributed by atoms with Gasteiger partial charge in [0.1, 0.15) is 0 Å². The van der Waals surface area contributed by atoms with Gasteiger partial charge in [-0.2, -0.15) is 0 Å². The first kappa shape index (κ1) is 20.4. The number of amides is 1. The van der Waals surface area contributed by atoms with Gasteiger partial charge in [-0.05, 0) is 54.6 Å². The molecule has 1 aliphatic rings. The molecule has 0 unspecified atom stereocenters. The highest BCUT2D eigenvalue weighted by molar-refractivity contribution is 6.11. The Kier molecular flexibility index (Phi) is 5.84. The van der Waals surface area contributed by atoms with Crippen LogP contribution in [0.25, 0.3) is 0 Å². The van der Waals surface area contributed by atoms with E-state index in [1.165, 1.54) is 18.0 Å². The molecule has 1 fully saturated rings. The maximum atomic E-state index is 12.8. The van der Waals surface area contributed by atoms with E-state index in [0.29, 0.717) is 24.4 Å². The number of benzene rings is 1. The van der Waals surface area contributed by atoms with Crippen molar-refractivity contribution in [2.75, 3.05) is 13.1 Å². The summed E-state index contributed by atoms with van der Waals surface area (Å²) >= 11 is 0. The fourth-order valence-corrected chi connectivity index (χ4v) is 3.71. The number of nitrogens with zero attached hydrogens (tertiary/aromatic N) is 3. The van der Waals surface area contributed by atoms with Crippen LogP contribution in [-0.4, -0.2) is 45.4 Å². The molecule has 0 spiro atoms. The Labute approximate surface area is 181 Å². The van der Waals surface area contributed by atoms with E-state index >= 15 is 0 Å². The first-order valence-corrected chi connectivity index (χ1v) is 10.2. The molecule has 4 rings (SSSR count). The fourth-order valence-electron chi connectivity index (χ4n) is 3.71. The Balaban J connectivity index is 1.55. The average Bonchev–Trinajstić information content (AvgIpc) is 3.38. The van der Waals surface area contributed by atoms with Gasteiger partial charge in [0.05, 0.1) is 22.7 Å². The van der Waals surface area contributed by atoms with Crippen molar-refractivity contribution >= 4 is 23.5 Å². The minimum Gasteiger partial charge on any atom is -0.405 e. The second kappa shape index (κ2) is 8.87. The Morgan fingerprint density at radius 2 is 1.97 bits per heavy atom. The van der Waals surface area contributed by atoms with Crippen LogP contribution in [0.2, 0.25) is 0 Å². The van der Waals surface area contributed by atoms with Crippen molar-refractivity contribution < 1.29 is 4.79 Å². The third kappa shape index (κ3) is 4.35. The molecule has 7 nitrogen and oxygen atoms in total. The maximum absolute atomic E-state index is 12.8. The Morgan fingerprint density at radius 3 is 2.61 bits per heavy atom. The number of allylic oxidation sites excluding steroid dienone is 1. The molecule has 3 aromatic rings. The van der Waals surface area contributed by atoms with Gasteiger partial charge in [0.2, 0.25) is 0 Å². The number of aromatic amines is 1. The molecule has 31 heavy (non-hydrogen) atoms. The Hall–Kier alpha value is -3.87. The number of H-pyrrole nitrogens is 1. The molecule has 0 bridgehead atoms. The van der Waals surface area contributed by atoms with Gasteiger partial charge in [-0.1, -0.05) is 12.1 Å². The molecule has 158 valence electrons. The van der Waals surface area contributed by atoms with Gasteiger partial charge >= 0.3 is 0 Å². The number of aromatic nitrogens is 2. The standard InChI is InChI=1S/C24H26N6O/c1-17-21(24(31)30-15-19(12-26)16-30)13-27-23(17)22(8-9-25)28-20-6-4-18(5-7-20)14-29-10-2-3-11-29/h2-13,19,26-27H,14-16,25H2,1H3/b9-8-,26-12?,28-22?. The van der Waals surface area contributed by atoms with E-state index in [1.807, 2.05) is 43.6 Å². The van der Waals surface area contributed by atoms with Gasteiger partial charge in [0.25, 0.3) is 5.91 Å². The summed E-state index contributed by atoms with van der Waals surface area (Å²) in [4.78, 5) is 22.5. The van der Waals surface area contributed by atoms with E-state index in [-0.39, 0.29) is 11.8 Å². The molecular formula is C24H26N6O. The summed E-state index contributed by atoms with van der Waals surface area (Å²) in [5.74, 6) is 0.143. The first-order chi connectivity index (χ1) is 15.1. The summed E-state index contributed by atoms with van der Waals surface area (Å²) < 4.78 is 2.12. The van der Waals surface area contributed by atoms with Crippen molar-refractivity contribution in [2.45, 2.75) is 13.5 Å². The van der Waals surface area contributed by atoms with E-state index in [1.54, 1.807) is 17.2 Å². The largest absolute Gasteiger partial charge is 0.405 e. The number of aliphatic imine (C=N–C) groups is 1. The average molecular weight is 415 g/mol. The monoisotopic (exact) mass is 414 g/mol. The lowest BCUT2D eigenvalue weighted by Crippen LogP contribution is -2.50. The van der Waals surface area contributed by atoms with E-state index in [0.717, 1.165) is 23.5 Å². The van der Waals surface area contributed by atoms with Crippen LogP contribution in [0.5, 0.6) is 0 Å². The normalized spacial score (nSPS) is 14.7. The van der Waals surface area contributed by atoms with Crippen LogP contribution in [0.4, 0.5) is 5.69 Å². The van der Waals surface area contributed by atoms with Gasteiger partial charge in [0.15, 0.2) is 0 Å². The first-order valence-electron chi connectivity index (χ1n) is 10.2. The van der Waals surface area contributed by atoms with Crippen LogP contribution in [0.1, 0.15) is 27.2 Å². The lowest BCUT2D eigenvalue weighted by Gasteiger charge is -2.36. The summed E-state index contributed by atoms with van der Waals surface area (Å²) in [6.07, 6.45) is 10.4. The van der Waals surface area contributed by atoms with Crippen molar-refractivity contribution in [1.82, 2.24) is 14.5 Å². The number of carbonyl (C=O) groups excluding carboxylic acids is 1. The number of nitrogens with two attached hydrogens (primary N) is 1. The second-order valence-corrected chi connectivity index (χ2v) is 7.72. The zero-order valence-corrected chi connectivity index (χ0v) is 17.5. The van der Waals surface area contributed by atoms with Crippen LogP contribution < -0.4 is 5.73 Å². The highest BCUT2D eigenvalue weighted by Crippen LogP contribution is 2.23. The minimum atomic E-state index is -0.0245. The van der Waals surface area contributed by atoms with Gasteiger partial charge in [0, 0.05) is 50.4 Å². The van der Waals surface area contributed by atoms with Crippen molar-refractivity contribution in [1.29, 1.82) is 5.41 Å². The number of nitrogens with one attached hydrogen (secondary N) is 2. The minimum absolute atomic E-state index is 0.0245. The molecule has 4 N–H and O–H groups in total. The quantitative estimate of drug-likeness (QED) is 0.515. The zero-order valence-electron chi connectivity index (χ0n) is 17.5. The summed E-state index contributed by atoms with van der Waals surface area (Å²) in [5, 5.41) is 7.31. The van der Waals surface area contributed by atoms with E-state index in [4.69, 9.17) is 16.1 Å². The molecular weight excluding hydrogens is 388 g/mol. The fraction of sp³-hybridized carbons (Fsp3) is 0.208. The van der Waals surface area contributed by atoms with Crippen LogP contribution in [0.3, 0.4) is 0 Å². The van der Waals surface area contributed by atoms with Gasteiger partial charge in [-0.15, -0.1) is 0 Å². The molecule has 1 aromatic carbocycles. The predicted molar refractivity (Wildman–Crippen MR) is 123 cm³/mol. The highest BCUT2D eigenvalue weighted by atomic mass is 16.2. The third-order valence-corrected chi connectivity index (χ3v) is 5.53. The lowest BCUT2D eigenvalue weighted by atomic mass is 9.99. The molecule has 0 aliphatic carbocycles. The third-order valence-electron chi connectivity index (χ3n) is 5.53. The van der Waals surface area contributed by atoms with Crippen molar-refractivity contribution in [3.8, 4) is 0 Å². The van der Waals surface area contributed by atoms with E-state index in [2.05, 4.69) is 21.7 Å². The number of carbonyl (C=O) groups is 1. The Bertz CT molecular complexity index is 1120. The molecule has 1 amide bonds. The molecule has 2 aromatic heterocycles. The molecule has 1 saturated heterocycles. The van der Waals surface area contributed by atoms with Crippen molar-refractivity contribution in [3.63, 3.8) is 0 Å². The highest BCUT2D eigenvalue weighted by Gasteiger charge is 2.31. The van der Waals surface area contributed by atoms with Crippen LogP contribution in [0, 0.1) is 18.3 Å². The van der Waals surface area contributed by atoms with Crippen molar-refractivity contribution in [3.05, 3.63) is 89.6 Å². The molecule has 3 heterocycles. The molecule has 7 heteroatoms.